The van der Waals surface area contributed by atoms with Crippen LogP contribution < -0.4 is 4.31 Å². The molecule has 0 unspecified atom stereocenters. The van der Waals surface area contributed by atoms with Crippen molar-refractivity contribution >= 4 is 47.1 Å². The van der Waals surface area contributed by atoms with Crippen LogP contribution in [0.2, 0.25) is 5.02 Å². The van der Waals surface area contributed by atoms with Crippen LogP contribution in [0.4, 0.5) is 5.69 Å². The maximum Gasteiger partial charge on any atom is 0.340 e. The van der Waals surface area contributed by atoms with E-state index in [-0.39, 0.29) is 23.9 Å². The lowest BCUT2D eigenvalue weighted by atomic mass is 10.2. The number of benzene rings is 1. The summed E-state index contributed by atoms with van der Waals surface area (Å²) in [5.41, 5.74) is 0.604. The number of nitrogens with zero attached hydrogens (tertiary/aromatic N) is 1. The van der Waals surface area contributed by atoms with E-state index in [0.717, 1.165) is 0 Å². The highest BCUT2D eigenvalue weighted by Gasteiger charge is 2.21. The Morgan fingerprint density at radius 1 is 1.22 bits per heavy atom. The van der Waals surface area contributed by atoms with E-state index in [2.05, 4.69) is 4.74 Å². The topological polar surface area (TPSA) is 72.9 Å². The van der Waals surface area contributed by atoms with Gasteiger partial charge >= 0.3 is 11.9 Å². The molecule has 0 fully saturated rings. The molecule has 0 aliphatic rings. The van der Waals surface area contributed by atoms with E-state index in [1.807, 2.05) is 0 Å². The van der Waals surface area contributed by atoms with Gasteiger partial charge < -0.3 is 9.47 Å². The second kappa shape index (κ2) is 9.42. The SMILES string of the molecule is COC(=O)CCCSN(C(C)=O)c1cc(Cl)ccc1C(=O)OC. The summed E-state index contributed by atoms with van der Waals surface area (Å²) in [5.74, 6) is -0.626. The number of carbonyl (C=O) groups is 3. The monoisotopic (exact) mass is 359 g/mol. The second-order valence-electron chi connectivity index (χ2n) is 4.48. The number of ether oxygens (including phenoxy) is 2. The van der Waals surface area contributed by atoms with Gasteiger partial charge in [-0.1, -0.05) is 11.6 Å². The van der Waals surface area contributed by atoms with Gasteiger partial charge in [0.2, 0.25) is 5.91 Å². The molecule has 0 aromatic heterocycles. The molecule has 0 aliphatic heterocycles. The van der Waals surface area contributed by atoms with Gasteiger partial charge in [0.05, 0.1) is 25.5 Å². The summed E-state index contributed by atoms with van der Waals surface area (Å²) < 4.78 is 10.7. The first kappa shape index (κ1) is 19.3. The number of anilines is 1. The van der Waals surface area contributed by atoms with Crippen LogP contribution in [0.25, 0.3) is 0 Å². The van der Waals surface area contributed by atoms with E-state index in [1.165, 1.54) is 49.5 Å². The molecule has 1 aromatic carbocycles. The quantitative estimate of drug-likeness (QED) is 0.423. The molecule has 0 radical (unpaired) electrons. The second-order valence-corrected chi connectivity index (χ2v) is 5.95. The van der Waals surface area contributed by atoms with Gasteiger partial charge in [-0.25, -0.2) is 4.79 Å². The molecular formula is C15H18ClNO5S. The van der Waals surface area contributed by atoms with Gasteiger partial charge in [-0.15, -0.1) is 0 Å². The molecule has 1 rings (SSSR count). The van der Waals surface area contributed by atoms with Crippen LogP contribution in [-0.2, 0) is 19.1 Å². The third-order valence-corrected chi connectivity index (χ3v) is 4.26. The highest BCUT2D eigenvalue weighted by atomic mass is 35.5. The van der Waals surface area contributed by atoms with Crippen molar-refractivity contribution in [1.82, 2.24) is 0 Å². The van der Waals surface area contributed by atoms with E-state index in [0.29, 0.717) is 22.9 Å². The Morgan fingerprint density at radius 2 is 1.91 bits per heavy atom. The highest BCUT2D eigenvalue weighted by molar-refractivity contribution is 8.01. The number of halogens is 1. The third kappa shape index (κ3) is 5.76. The zero-order valence-corrected chi connectivity index (χ0v) is 14.7. The molecule has 0 aliphatic carbocycles. The molecule has 0 spiro atoms. The van der Waals surface area contributed by atoms with E-state index >= 15 is 0 Å². The lowest BCUT2D eigenvalue weighted by molar-refractivity contribution is -0.140. The average molecular weight is 360 g/mol. The van der Waals surface area contributed by atoms with Gasteiger partial charge in [0.25, 0.3) is 0 Å². The first-order valence-electron chi connectivity index (χ1n) is 6.79. The summed E-state index contributed by atoms with van der Waals surface area (Å²) in [5, 5.41) is 0.397. The van der Waals surface area contributed by atoms with Crippen LogP contribution in [-0.4, -0.2) is 37.8 Å². The molecule has 1 amide bonds. The summed E-state index contributed by atoms with van der Waals surface area (Å²) in [6.07, 6.45) is 0.796. The Labute approximate surface area is 144 Å². The highest BCUT2D eigenvalue weighted by Crippen LogP contribution is 2.31. The Bertz CT molecular complexity index is 593. The number of hydrogen-bond donors (Lipinski definition) is 0. The fourth-order valence-corrected chi connectivity index (χ4v) is 2.85. The van der Waals surface area contributed by atoms with Crippen molar-refractivity contribution in [3.05, 3.63) is 28.8 Å². The number of rotatable bonds is 7. The Hall–Kier alpha value is -1.73. The summed E-state index contributed by atoms with van der Waals surface area (Å²) in [6, 6.07) is 4.59. The van der Waals surface area contributed by atoms with Crippen LogP contribution in [0.5, 0.6) is 0 Å². The van der Waals surface area contributed by atoms with Crippen molar-refractivity contribution in [3.63, 3.8) is 0 Å². The summed E-state index contributed by atoms with van der Waals surface area (Å²) in [4.78, 5) is 34.9. The Balaban J connectivity index is 2.92. The van der Waals surface area contributed by atoms with Gasteiger partial charge in [-0.2, -0.15) is 0 Å². The number of amides is 1. The maximum absolute atomic E-state index is 11.9. The van der Waals surface area contributed by atoms with Gasteiger partial charge in [0.1, 0.15) is 0 Å². The normalized spacial score (nSPS) is 10.1. The molecular weight excluding hydrogens is 342 g/mol. The van der Waals surface area contributed by atoms with Gasteiger partial charge in [0, 0.05) is 24.1 Å². The van der Waals surface area contributed by atoms with Crippen molar-refractivity contribution in [2.45, 2.75) is 19.8 Å². The fourth-order valence-electron chi connectivity index (χ4n) is 1.76. The molecule has 0 saturated carbocycles. The minimum Gasteiger partial charge on any atom is -0.469 e. The van der Waals surface area contributed by atoms with Crippen LogP contribution in [0.15, 0.2) is 18.2 Å². The summed E-state index contributed by atoms with van der Waals surface area (Å²) in [7, 11) is 2.59. The molecule has 0 saturated heterocycles. The largest absolute Gasteiger partial charge is 0.469 e. The number of esters is 2. The van der Waals surface area contributed by atoms with Crippen molar-refractivity contribution in [1.29, 1.82) is 0 Å². The smallest absolute Gasteiger partial charge is 0.340 e. The van der Waals surface area contributed by atoms with Gasteiger partial charge in [-0.3, -0.25) is 13.9 Å². The van der Waals surface area contributed by atoms with Crippen molar-refractivity contribution in [2.75, 3.05) is 24.3 Å². The number of hydrogen-bond acceptors (Lipinski definition) is 6. The molecule has 0 N–H and O–H groups in total. The molecule has 23 heavy (non-hydrogen) atoms. The van der Waals surface area contributed by atoms with Crippen LogP contribution in [0.3, 0.4) is 0 Å². The summed E-state index contributed by atoms with van der Waals surface area (Å²) in [6.45, 7) is 1.38. The number of methoxy groups -OCH3 is 2. The average Bonchev–Trinajstić information content (AvgIpc) is 2.53. The van der Waals surface area contributed by atoms with E-state index in [1.54, 1.807) is 6.07 Å². The Morgan fingerprint density at radius 3 is 2.48 bits per heavy atom. The first-order valence-corrected chi connectivity index (χ1v) is 8.11. The molecule has 0 atom stereocenters. The fraction of sp³-hybridized carbons (Fsp3) is 0.400. The van der Waals surface area contributed by atoms with Gasteiger partial charge in [0.15, 0.2) is 0 Å². The van der Waals surface area contributed by atoms with E-state index < -0.39 is 5.97 Å². The molecule has 6 nitrogen and oxygen atoms in total. The standard InChI is InChI=1S/C15H18ClNO5S/c1-10(18)17(23-8-4-5-14(19)21-2)13-9-11(16)6-7-12(13)15(20)22-3/h6-7,9H,4-5,8H2,1-3H3. The van der Waals surface area contributed by atoms with Crippen LogP contribution in [0, 0.1) is 0 Å². The lowest BCUT2D eigenvalue weighted by Gasteiger charge is -2.22. The van der Waals surface area contributed by atoms with Crippen LogP contribution in [0.1, 0.15) is 30.1 Å². The minimum atomic E-state index is -0.557. The minimum absolute atomic E-state index is 0.243. The van der Waals surface area contributed by atoms with Crippen molar-refractivity contribution in [2.24, 2.45) is 0 Å². The van der Waals surface area contributed by atoms with Crippen molar-refractivity contribution in [3.8, 4) is 0 Å². The zero-order chi connectivity index (χ0) is 17.4. The first-order chi connectivity index (χ1) is 10.9. The molecule has 126 valence electrons. The zero-order valence-electron chi connectivity index (χ0n) is 13.1. The predicted octanol–water partition coefficient (Wildman–Crippen LogP) is 3.08. The predicted molar refractivity (Wildman–Crippen MR) is 89.7 cm³/mol. The molecule has 8 heteroatoms. The number of carbonyl (C=O) groups excluding carboxylic acids is 3. The van der Waals surface area contributed by atoms with Gasteiger partial charge in [-0.05, 0) is 36.6 Å². The van der Waals surface area contributed by atoms with E-state index in [4.69, 9.17) is 16.3 Å². The maximum atomic E-state index is 11.9. The van der Waals surface area contributed by atoms with E-state index in [9.17, 15) is 14.4 Å². The van der Waals surface area contributed by atoms with Crippen molar-refractivity contribution < 1.29 is 23.9 Å². The molecule has 0 bridgehead atoms. The van der Waals surface area contributed by atoms with Crippen LogP contribution >= 0.6 is 23.5 Å². The molecule has 1 aromatic rings. The Kier molecular flexibility index (Phi) is 7.91. The molecule has 0 heterocycles. The lowest BCUT2D eigenvalue weighted by Crippen LogP contribution is -2.23. The summed E-state index contributed by atoms with van der Waals surface area (Å²) >= 11 is 7.17. The third-order valence-electron chi connectivity index (χ3n) is 2.84.